The van der Waals surface area contributed by atoms with Crippen molar-refractivity contribution < 1.29 is 18.1 Å². The lowest BCUT2D eigenvalue weighted by Crippen LogP contribution is -2.02. The molecule has 7 heteroatoms. The molecular formula is C10H10N2O4S. The second-order valence-corrected chi connectivity index (χ2v) is 4.94. The Balaban J connectivity index is 3.09. The van der Waals surface area contributed by atoms with Gasteiger partial charge in [-0.15, -0.1) is 0 Å². The molecule has 0 bridgehead atoms. The lowest BCUT2D eigenvalue weighted by atomic mass is 10.1. The van der Waals surface area contributed by atoms with Gasteiger partial charge in [0.15, 0.2) is 0 Å². The molecule has 0 saturated carbocycles. The topological polar surface area (TPSA) is 127 Å². The van der Waals surface area contributed by atoms with E-state index in [4.69, 9.17) is 16.0 Å². The summed E-state index contributed by atoms with van der Waals surface area (Å²) in [5.41, 5.74) is 11.3. The van der Waals surface area contributed by atoms with Gasteiger partial charge in [-0.2, -0.15) is 8.42 Å². The first-order chi connectivity index (χ1) is 7.82. The van der Waals surface area contributed by atoms with Crippen molar-refractivity contribution in [1.82, 2.24) is 0 Å². The maximum Gasteiger partial charge on any atom is 0.295 e. The van der Waals surface area contributed by atoms with E-state index in [1.54, 1.807) is 6.07 Å². The van der Waals surface area contributed by atoms with Gasteiger partial charge < -0.3 is 16.6 Å². The van der Waals surface area contributed by atoms with Crippen LogP contribution < -0.4 is 11.5 Å². The number of rotatable bonds is 1. The van der Waals surface area contributed by atoms with Crippen LogP contribution in [0.5, 0.6) is 5.75 Å². The summed E-state index contributed by atoms with van der Waals surface area (Å²) in [6, 6.07) is 5.39. The molecule has 2 aromatic rings. The Bertz CT molecular complexity index is 710. The first kappa shape index (κ1) is 11.5. The third-order valence-electron chi connectivity index (χ3n) is 2.45. The molecule has 0 saturated heterocycles. The van der Waals surface area contributed by atoms with Crippen LogP contribution in [0.25, 0.3) is 10.8 Å². The standard InChI is InChI=1S/C10H10N2O4S/c11-6-4-7(13)10(12)9-5(6)2-1-3-8(9)17(14,15)16/h1-4,13H,11-12H2,(H,14,15,16). The Kier molecular flexibility index (Phi) is 2.37. The van der Waals surface area contributed by atoms with Crippen molar-refractivity contribution in [2.45, 2.75) is 4.90 Å². The first-order valence-electron chi connectivity index (χ1n) is 4.59. The van der Waals surface area contributed by atoms with Crippen LogP contribution in [0.4, 0.5) is 11.4 Å². The molecule has 0 aliphatic heterocycles. The number of hydrogen-bond acceptors (Lipinski definition) is 5. The molecule has 17 heavy (non-hydrogen) atoms. The molecule has 0 aliphatic rings. The van der Waals surface area contributed by atoms with Crippen molar-refractivity contribution in [1.29, 1.82) is 0 Å². The number of nitrogen functional groups attached to an aromatic ring is 2. The highest BCUT2D eigenvalue weighted by atomic mass is 32.2. The molecule has 6 N–H and O–H groups in total. The van der Waals surface area contributed by atoms with E-state index in [1.165, 1.54) is 18.2 Å². The van der Waals surface area contributed by atoms with Gasteiger partial charge in [0, 0.05) is 22.5 Å². The summed E-state index contributed by atoms with van der Waals surface area (Å²) in [6.45, 7) is 0. The summed E-state index contributed by atoms with van der Waals surface area (Å²) in [5, 5.41) is 9.88. The highest BCUT2D eigenvalue weighted by molar-refractivity contribution is 7.86. The van der Waals surface area contributed by atoms with Crippen LogP contribution in [0, 0.1) is 0 Å². The fourth-order valence-electron chi connectivity index (χ4n) is 1.70. The zero-order chi connectivity index (χ0) is 12.8. The van der Waals surface area contributed by atoms with E-state index in [0.717, 1.165) is 0 Å². The third-order valence-corrected chi connectivity index (χ3v) is 3.35. The summed E-state index contributed by atoms with van der Waals surface area (Å²) in [6.07, 6.45) is 0. The van der Waals surface area contributed by atoms with Crippen LogP contribution in [0.1, 0.15) is 0 Å². The zero-order valence-electron chi connectivity index (χ0n) is 8.58. The van der Waals surface area contributed by atoms with Gasteiger partial charge in [-0.05, 0) is 6.07 Å². The number of phenolic OH excluding ortho intramolecular Hbond substituents is 1. The molecule has 6 nitrogen and oxygen atoms in total. The van der Waals surface area contributed by atoms with Gasteiger partial charge >= 0.3 is 0 Å². The monoisotopic (exact) mass is 254 g/mol. The van der Waals surface area contributed by atoms with E-state index >= 15 is 0 Å². The SMILES string of the molecule is Nc1cc(O)c(N)c2c(S(=O)(=O)O)cccc12. The molecule has 0 fully saturated rings. The first-order valence-corrected chi connectivity index (χ1v) is 6.03. The molecule has 0 radical (unpaired) electrons. The smallest absolute Gasteiger partial charge is 0.295 e. The van der Waals surface area contributed by atoms with E-state index in [0.29, 0.717) is 5.39 Å². The Labute approximate surface area is 97.2 Å². The maximum absolute atomic E-state index is 11.2. The van der Waals surface area contributed by atoms with Crippen molar-refractivity contribution in [3.05, 3.63) is 24.3 Å². The molecule has 2 rings (SSSR count). The average molecular weight is 254 g/mol. The lowest BCUT2D eigenvalue weighted by Gasteiger charge is -2.10. The molecule has 0 spiro atoms. The molecule has 0 aliphatic carbocycles. The minimum Gasteiger partial charge on any atom is -0.506 e. The predicted octanol–water partition coefficient (Wildman–Crippen LogP) is 0.957. The molecular weight excluding hydrogens is 244 g/mol. The van der Waals surface area contributed by atoms with Gasteiger partial charge in [0.1, 0.15) is 10.6 Å². The van der Waals surface area contributed by atoms with E-state index in [9.17, 15) is 13.5 Å². The minimum absolute atomic E-state index is 0.0208. The number of fused-ring (bicyclic) bond motifs is 1. The summed E-state index contributed by atoms with van der Waals surface area (Å²) in [5.74, 6) is -0.328. The molecule has 0 aromatic heterocycles. The van der Waals surface area contributed by atoms with Crippen LogP contribution in [-0.2, 0) is 10.1 Å². The van der Waals surface area contributed by atoms with Gasteiger partial charge in [0.2, 0.25) is 0 Å². The Hall–Kier alpha value is -1.99. The summed E-state index contributed by atoms with van der Waals surface area (Å²) >= 11 is 0. The number of hydrogen-bond donors (Lipinski definition) is 4. The van der Waals surface area contributed by atoms with E-state index in [2.05, 4.69) is 0 Å². The lowest BCUT2D eigenvalue weighted by molar-refractivity contribution is 0.479. The highest BCUT2D eigenvalue weighted by Gasteiger charge is 2.18. The van der Waals surface area contributed by atoms with Crippen molar-refractivity contribution in [3.8, 4) is 5.75 Å². The largest absolute Gasteiger partial charge is 0.506 e. The quantitative estimate of drug-likeness (QED) is 0.341. The average Bonchev–Trinajstić information content (AvgIpc) is 2.24. The highest BCUT2D eigenvalue weighted by Crippen LogP contribution is 2.37. The molecule has 0 unspecified atom stereocenters. The van der Waals surface area contributed by atoms with Crippen molar-refractivity contribution >= 4 is 32.3 Å². The second kappa shape index (κ2) is 3.51. The van der Waals surface area contributed by atoms with Gasteiger partial charge in [-0.25, -0.2) is 0 Å². The second-order valence-electron chi connectivity index (χ2n) is 3.55. The Morgan fingerprint density at radius 1 is 1.18 bits per heavy atom. The van der Waals surface area contributed by atoms with Crippen LogP contribution in [0.15, 0.2) is 29.2 Å². The van der Waals surface area contributed by atoms with Crippen molar-refractivity contribution in [2.24, 2.45) is 0 Å². The fraction of sp³-hybridized carbons (Fsp3) is 0. The van der Waals surface area contributed by atoms with Gasteiger partial charge in [0.25, 0.3) is 10.1 Å². The normalized spacial score (nSPS) is 11.8. The number of benzene rings is 2. The minimum atomic E-state index is -4.43. The predicted molar refractivity (Wildman–Crippen MR) is 64.3 cm³/mol. The third kappa shape index (κ3) is 1.75. The fourth-order valence-corrected chi connectivity index (χ4v) is 2.42. The van der Waals surface area contributed by atoms with Crippen LogP contribution >= 0.6 is 0 Å². The molecule has 90 valence electrons. The maximum atomic E-state index is 11.2. The van der Waals surface area contributed by atoms with E-state index in [-0.39, 0.29) is 27.4 Å². The molecule has 0 atom stereocenters. The Morgan fingerprint density at radius 3 is 2.41 bits per heavy atom. The Morgan fingerprint density at radius 2 is 1.82 bits per heavy atom. The number of aromatic hydroxyl groups is 1. The number of nitrogens with two attached hydrogens (primary N) is 2. The van der Waals surface area contributed by atoms with Gasteiger partial charge in [-0.3, -0.25) is 4.55 Å². The van der Waals surface area contributed by atoms with Crippen LogP contribution in [0.3, 0.4) is 0 Å². The number of anilines is 2. The summed E-state index contributed by atoms with van der Waals surface area (Å²) in [7, 11) is -4.43. The molecule has 2 aromatic carbocycles. The molecule has 0 heterocycles. The van der Waals surface area contributed by atoms with Gasteiger partial charge in [-0.1, -0.05) is 12.1 Å². The molecule has 0 amide bonds. The zero-order valence-corrected chi connectivity index (χ0v) is 9.40. The van der Waals surface area contributed by atoms with Gasteiger partial charge in [0.05, 0.1) is 5.69 Å². The van der Waals surface area contributed by atoms with E-state index < -0.39 is 10.1 Å². The summed E-state index contributed by atoms with van der Waals surface area (Å²) in [4.78, 5) is -0.380. The summed E-state index contributed by atoms with van der Waals surface area (Å²) < 4.78 is 31.5. The van der Waals surface area contributed by atoms with Crippen LogP contribution in [-0.4, -0.2) is 18.1 Å². The van der Waals surface area contributed by atoms with Crippen molar-refractivity contribution in [3.63, 3.8) is 0 Å². The van der Waals surface area contributed by atoms with Crippen molar-refractivity contribution in [2.75, 3.05) is 11.5 Å². The van der Waals surface area contributed by atoms with E-state index in [1.807, 2.05) is 0 Å². The van der Waals surface area contributed by atoms with Crippen LogP contribution in [0.2, 0.25) is 0 Å². The number of phenols is 1.